The van der Waals surface area contributed by atoms with Gasteiger partial charge in [0.2, 0.25) is 5.91 Å². The van der Waals surface area contributed by atoms with E-state index < -0.39 is 5.41 Å². The number of amides is 1. The zero-order valence-corrected chi connectivity index (χ0v) is 11.2. The number of benzene rings is 1. The lowest BCUT2D eigenvalue weighted by Gasteiger charge is -2.26. The van der Waals surface area contributed by atoms with E-state index in [1.54, 1.807) is 25.1 Å². The van der Waals surface area contributed by atoms with Crippen molar-refractivity contribution in [2.45, 2.75) is 26.2 Å². The molecule has 0 saturated carbocycles. The molecule has 0 aromatic heterocycles. The van der Waals surface area contributed by atoms with E-state index in [0.29, 0.717) is 18.7 Å². The fraction of sp³-hybridized carbons (Fsp3) is 0.500. The zero-order chi connectivity index (χ0) is 13.8. The van der Waals surface area contributed by atoms with Gasteiger partial charge in [-0.2, -0.15) is 0 Å². The molecule has 0 aliphatic heterocycles. The van der Waals surface area contributed by atoms with Crippen molar-refractivity contribution in [3.63, 3.8) is 0 Å². The van der Waals surface area contributed by atoms with Crippen LogP contribution in [-0.2, 0) is 10.2 Å². The third kappa shape index (κ3) is 3.53. The summed E-state index contributed by atoms with van der Waals surface area (Å²) in [4.78, 5) is 11.7. The van der Waals surface area contributed by atoms with Crippen LogP contribution in [0.2, 0.25) is 0 Å². The maximum absolute atomic E-state index is 13.7. The Balaban J connectivity index is 2.71. The van der Waals surface area contributed by atoms with Crippen LogP contribution in [0.25, 0.3) is 0 Å². The molecule has 18 heavy (non-hydrogen) atoms. The molecular weight excluding hydrogens is 231 g/mol. The Morgan fingerprint density at radius 3 is 2.61 bits per heavy atom. The predicted molar refractivity (Wildman–Crippen MR) is 70.7 cm³/mol. The molecule has 4 heteroatoms. The molecule has 100 valence electrons. The number of hydrogen-bond acceptors (Lipinski definition) is 2. The second-order valence-corrected chi connectivity index (χ2v) is 5.22. The number of carbonyl (C=O) groups is 1. The second-order valence-electron chi connectivity index (χ2n) is 5.22. The Morgan fingerprint density at radius 1 is 1.44 bits per heavy atom. The largest absolute Gasteiger partial charge is 0.355 e. The van der Waals surface area contributed by atoms with E-state index in [1.807, 2.05) is 13.8 Å². The number of halogens is 1. The molecule has 0 aliphatic carbocycles. The molecule has 0 fully saturated rings. The maximum atomic E-state index is 13.7. The number of rotatable bonds is 5. The smallest absolute Gasteiger partial charge is 0.224 e. The van der Waals surface area contributed by atoms with E-state index in [1.165, 1.54) is 6.07 Å². The summed E-state index contributed by atoms with van der Waals surface area (Å²) in [5.41, 5.74) is 5.58. The van der Waals surface area contributed by atoms with Gasteiger partial charge in [-0.3, -0.25) is 4.79 Å². The van der Waals surface area contributed by atoms with Crippen molar-refractivity contribution in [2.24, 2.45) is 11.7 Å². The summed E-state index contributed by atoms with van der Waals surface area (Å²) in [7, 11) is 0. The first kappa shape index (κ1) is 14.6. The summed E-state index contributed by atoms with van der Waals surface area (Å²) in [5.74, 6) is -0.563. The summed E-state index contributed by atoms with van der Waals surface area (Å²) < 4.78 is 13.7. The van der Waals surface area contributed by atoms with Gasteiger partial charge < -0.3 is 11.1 Å². The topological polar surface area (TPSA) is 55.1 Å². The van der Waals surface area contributed by atoms with Gasteiger partial charge in [-0.25, -0.2) is 4.39 Å². The molecule has 0 radical (unpaired) electrons. The predicted octanol–water partition coefficient (Wildman–Crippen LogP) is 1.81. The van der Waals surface area contributed by atoms with Crippen LogP contribution in [0.1, 0.15) is 26.3 Å². The van der Waals surface area contributed by atoms with Gasteiger partial charge in [0.25, 0.3) is 0 Å². The lowest BCUT2D eigenvalue weighted by Crippen LogP contribution is -2.41. The van der Waals surface area contributed by atoms with Crippen molar-refractivity contribution in [3.05, 3.63) is 35.6 Å². The Hall–Kier alpha value is -1.42. The number of carbonyl (C=O) groups excluding carboxylic acids is 1. The molecule has 0 bridgehead atoms. The van der Waals surface area contributed by atoms with Gasteiger partial charge in [0.1, 0.15) is 5.82 Å². The molecule has 1 amide bonds. The Labute approximate surface area is 108 Å². The van der Waals surface area contributed by atoms with Gasteiger partial charge >= 0.3 is 0 Å². The van der Waals surface area contributed by atoms with E-state index in [-0.39, 0.29) is 17.6 Å². The van der Waals surface area contributed by atoms with Crippen molar-refractivity contribution in [3.8, 4) is 0 Å². The molecule has 0 heterocycles. The van der Waals surface area contributed by atoms with Crippen LogP contribution >= 0.6 is 0 Å². The van der Waals surface area contributed by atoms with Gasteiger partial charge in [-0.15, -0.1) is 0 Å². The van der Waals surface area contributed by atoms with Crippen LogP contribution in [0.4, 0.5) is 4.39 Å². The lowest BCUT2D eigenvalue weighted by molar-refractivity contribution is -0.124. The van der Waals surface area contributed by atoms with Crippen LogP contribution in [-0.4, -0.2) is 19.0 Å². The molecule has 3 N–H and O–H groups in total. The van der Waals surface area contributed by atoms with Gasteiger partial charge in [-0.1, -0.05) is 39.0 Å². The molecule has 0 aliphatic rings. The van der Waals surface area contributed by atoms with E-state index >= 15 is 0 Å². The lowest BCUT2D eigenvalue weighted by atomic mass is 9.84. The van der Waals surface area contributed by atoms with Gasteiger partial charge in [0.05, 0.1) is 0 Å². The Kier molecular flexibility index (Phi) is 4.84. The van der Waals surface area contributed by atoms with Crippen LogP contribution in [0.15, 0.2) is 24.3 Å². The monoisotopic (exact) mass is 252 g/mol. The highest BCUT2D eigenvalue weighted by Crippen LogP contribution is 2.24. The molecule has 1 rings (SSSR count). The molecule has 0 spiro atoms. The number of hydrogen-bond donors (Lipinski definition) is 2. The summed E-state index contributed by atoms with van der Waals surface area (Å²) in [6.45, 7) is 6.27. The van der Waals surface area contributed by atoms with Crippen molar-refractivity contribution < 1.29 is 9.18 Å². The molecule has 1 aromatic carbocycles. The van der Waals surface area contributed by atoms with Crippen LogP contribution < -0.4 is 11.1 Å². The van der Waals surface area contributed by atoms with Gasteiger partial charge in [-0.05, 0) is 11.6 Å². The van der Waals surface area contributed by atoms with Crippen molar-refractivity contribution in [1.29, 1.82) is 0 Å². The first-order valence-electron chi connectivity index (χ1n) is 6.11. The van der Waals surface area contributed by atoms with Crippen LogP contribution in [0.3, 0.4) is 0 Å². The average molecular weight is 252 g/mol. The minimum atomic E-state index is -0.449. The van der Waals surface area contributed by atoms with Gasteiger partial charge in [0.15, 0.2) is 0 Å². The second kappa shape index (κ2) is 5.96. The van der Waals surface area contributed by atoms with E-state index in [4.69, 9.17) is 5.73 Å². The van der Waals surface area contributed by atoms with Crippen molar-refractivity contribution >= 4 is 5.91 Å². The highest BCUT2D eigenvalue weighted by molar-refractivity contribution is 5.78. The summed E-state index contributed by atoms with van der Waals surface area (Å²) in [6.07, 6.45) is 0. The highest BCUT2D eigenvalue weighted by atomic mass is 19.1. The molecule has 1 unspecified atom stereocenters. The standard InChI is InChI=1S/C14H21FN2O/c1-10(8-16)13(18)17-9-14(2,3)11-6-4-5-7-12(11)15/h4-7,10H,8-9,16H2,1-3H3,(H,17,18). The average Bonchev–Trinajstić information content (AvgIpc) is 2.35. The summed E-state index contributed by atoms with van der Waals surface area (Å²) in [6, 6.07) is 6.63. The SMILES string of the molecule is CC(CN)C(=O)NCC(C)(C)c1ccccc1F. The van der Waals surface area contributed by atoms with Crippen molar-refractivity contribution in [1.82, 2.24) is 5.32 Å². The fourth-order valence-corrected chi connectivity index (χ4v) is 1.69. The Morgan fingerprint density at radius 2 is 2.06 bits per heavy atom. The third-order valence-electron chi connectivity index (χ3n) is 3.11. The normalized spacial score (nSPS) is 13.2. The molecular formula is C14H21FN2O. The maximum Gasteiger partial charge on any atom is 0.224 e. The van der Waals surface area contributed by atoms with Gasteiger partial charge in [0, 0.05) is 24.4 Å². The summed E-state index contributed by atoms with van der Waals surface area (Å²) in [5, 5.41) is 2.81. The van der Waals surface area contributed by atoms with Crippen molar-refractivity contribution in [2.75, 3.05) is 13.1 Å². The number of nitrogens with two attached hydrogens (primary N) is 1. The molecule has 1 aromatic rings. The third-order valence-corrected chi connectivity index (χ3v) is 3.11. The molecule has 0 saturated heterocycles. The molecule has 3 nitrogen and oxygen atoms in total. The minimum Gasteiger partial charge on any atom is -0.355 e. The highest BCUT2D eigenvalue weighted by Gasteiger charge is 2.25. The molecule has 1 atom stereocenters. The first-order valence-corrected chi connectivity index (χ1v) is 6.11. The van der Waals surface area contributed by atoms with E-state index in [9.17, 15) is 9.18 Å². The van der Waals surface area contributed by atoms with E-state index in [0.717, 1.165) is 0 Å². The quantitative estimate of drug-likeness (QED) is 0.839. The van der Waals surface area contributed by atoms with E-state index in [2.05, 4.69) is 5.32 Å². The Bertz CT molecular complexity index is 418. The fourth-order valence-electron chi connectivity index (χ4n) is 1.69. The summed E-state index contributed by atoms with van der Waals surface area (Å²) >= 11 is 0. The zero-order valence-electron chi connectivity index (χ0n) is 11.2. The van der Waals surface area contributed by atoms with Crippen LogP contribution in [0, 0.1) is 11.7 Å². The number of nitrogens with one attached hydrogen (secondary N) is 1. The first-order chi connectivity index (χ1) is 8.38. The van der Waals surface area contributed by atoms with Crippen LogP contribution in [0.5, 0.6) is 0 Å². The minimum absolute atomic E-state index is 0.0954.